The Morgan fingerprint density at radius 3 is 2.31 bits per heavy atom. The number of carbonyl (C=O) groups excluding carboxylic acids is 1. The van der Waals surface area contributed by atoms with Crippen molar-refractivity contribution >= 4 is 35.1 Å². The van der Waals surface area contributed by atoms with Crippen LogP contribution in [0.15, 0.2) is 54.6 Å². The summed E-state index contributed by atoms with van der Waals surface area (Å²) < 4.78 is 11.7. The lowest BCUT2D eigenvalue weighted by molar-refractivity contribution is -0.0409. The number of rotatable bonds is 21. The van der Waals surface area contributed by atoms with E-state index in [-0.39, 0.29) is 41.4 Å². The van der Waals surface area contributed by atoms with Gasteiger partial charge < -0.3 is 46.7 Å². The minimum atomic E-state index is -1.31. The third-order valence-corrected chi connectivity index (χ3v) is 7.67. The number of amides is 1. The lowest BCUT2D eigenvalue weighted by Gasteiger charge is -2.27. The Bertz CT molecular complexity index is 1440. The molecule has 1 heterocycles. The molecule has 0 spiro atoms. The molecule has 0 radical (unpaired) electrons. The van der Waals surface area contributed by atoms with Crippen molar-refractivity contribution in [3.63, 3.8) is 0 Å². The zero-order valence-corrected chi connectivity index (χ0v) is 28.1. The molecule has 0 aliphatic carbocycles. The number of nitrogens with zero attached hydrogens (tertiary/aromatic N) is 3. The molecular weight excluding hydrogens is 656 g/mol. The molecule has 11 N–H and O–H groups in total. The fraction of sp³-hybridized carbons (Fsp3) is 0.455. The molecule has 0 saturated heterocycles. The van der Waals surface area contributed by atoms with Crippen molar-refractivity contribution in [2.24, 2.45) is 0 Å². The molecule has 0 bridgehead atoms. The van der Waals surface area contributed by atoms with Crippen molar-refractivity contribution in [2.45, 2.75) is 50.4 Å². The Kier molecular flexibility index (Phi) is 16.8. The fourth-order valence-corrected chi connectivity index (χ4v) is 4.88. The van der Waals surface area contributed by atoms with Crippen molar-refractivity contribution in [1.29, 1.82) is 5.41 Å². The zero-order chi connectivity index (χ0) is 35.6. The molecular formula is C33H47ClN8O7. The van der Waals surface area contributed by atoms with Crippen LogP contribution >= 0.6 is 11.6 Å². The number of para-hydroxylation sites is 1. The highest BCUT2D eigenvalue weighted by Gasteiger charge is 2.21. The van der Waals surface area contributed by atoms with E-state index in [9.17, 15) is 20.1 Å². The number of unbranched alkanes of at least 4 members (excludes halogenated alkanes) is 1. The molecule has 49 heavy (non-hydrogen) atoms. The molecule has 3 aromatic rings. The predicted octanol–water partition coefficient (Wildman–Crippen LogP) is 1.19. The van der Waals surface area contributed by atoms with Gasteiger partial charge in [0.1, 0.15) is 24.2 Å². The van der Waals surface area contributed by atoms with E-state index in [0.29, 0.717) is 45.0 Å². The van der Waals surface area contributed by atoms with Gasteiger partial charge in [0.05, 0.1) is 25.4 Å². The summed E-state index contributed by atoms with van der Waals surface area (Å²) in [5, 5.41) is 52.2. The SMILES string of the molecule is N=C(NCCCCc1ccc(OCCN(CCCOc2ccccc2)C[C@H](O)C[C@H](O)[C@H](O)CO)cc1)NC(=O)c1nc(Cl)c(N)nc1N. The molecule has 3 rings (SSSR count). The first kappa shape index (κ1) is 39.2. The second-order valence-electron chi connectivity index (χ2n) is 11.4. The summed E-state index contributed by atoms with van der Waals surface area (Å²) >= 11 is 5.81. The van der Waals surface area contributed by atoms with Crippen LogP contribution in [0, 0.1) is 5.41 Å². The third kappa shape index (κ3) is 14.4. The van der Waals surface area contributed by atoms with Gasteiger partial charge in [0.15, 0.2) is 28.4 Å². The summed E-state index contributed by atoms with van der Waals surface area (Å²) in [6, 6.07) is 17.3. The average molecular weight is 703 g/mol. The van der Waals surface area contributed by atoms with Crippen molar-refractivity contribution in [2.75, 3.05) is 57.5 Å². The summed E-state index contributed by atoms with van der Waals surface area (Å²) in [7, 11) is 0. The maximum absolute atomic E-state index is 12.3. The van der Waals surface area contributed by atoms with E-state index in [0.717, 1.165) is 30.6 Å². The van der Waals surface area contributed by atoms with Gasteiger partial charge in [-0.05, 0) is 55.5 Å². The molecule has 2 aromatic carbocycles. The second-order valence-corrected chi connectivity index (χ2v) is 11.7. The molecule has 0 unspecified atom stereocenters. The monoisotopic (exact) mass is 702 g/mol. The maximum Gasteiger partial charge on any atom is 0.280 e. The van der Waals surface area contributed by atoms with Gasteiger partial charge in [-0.15, -0.1) is 0 Å². The summed E-state index contributed by atoms with van der Waals surface area (Å²) in [6.45, 7) is 2.13. The van der Waals surface area contributed by atoms with Gasteiger partial charge in [0, 0.05) is 32.6 Å². The predicted molar refractivity (Wildman–Crippen MR) is 187 cm³/mol. The fourth-order valence-electron chi connectivity index (χ4n) is 4.76. The number of hydrogen-bond acceptors (Lipinski definition) is 13. The molecule has 0 aliphatic rings. The Balaban J connectivity index is 1.36. The van der Waals surface area contributed by atoms with Gasteiger partial charge in [-0.3, -0.25) is 20.4 Å². The third-order valence-electron chi connectivity index (χ3n) is 7.40. The Morgan fingerprint density at radius 2 is 1.59 bits per heavy atom. The summed E-state index contributed by atoms with van der Waals surface area (Å²) in [6.07, 6.45) is -0.408. The number of aromatic nitrogens is 2. The summed E-state index contributed by atoms with van der Waals surface area (Å²) in [4.78, 5) is 21.9. The van der Waals surface area contributed by atoms with Crippen LogP contribution in [0.3, 0.4) is 0 Å². The molecule has 1 aromatic heterocycles. The van der Waals surface area contributed by atoms with Gasteiger partial charge in [-0.25, -0.2) is 9.97 Å². The number of benzene rings is 2. The molecule has 0 aliphatic heterocycles. The van der Waals surface area contributed by atoms with Crippen molar-refractivity contribution in [3.05, 3.63) is 71.0 Å². The number of hydrogen-bond donors (Lipinski definition) is 9. The highest BCUT2D eigenvalue weighted by atomic mass is 35.5. The van der Waals surface area contributed by atoms with E-state index in [4.69, 9.17) is 43.1 Å². The van der Waals surface area contributed by atoms with Crippen LogP contribution in [0.4, 0.5) is 11.6 Å². The number of aliphatic hydroxyl groups excluding tert-OH is 4. The number of aryl methyl sites for hydroxylation is 1. The van der Waals surface area contributed by atoms with Crippen LogP contribution < -0.4 is 31.6 Å². The number of guanidine groups is 1. The number of aliphatic hydroxyl groups is 4. The normalized spacial score (nSPS) is 13.0. The Morgan fingerprint density at radius 1 is 0.898 bits per heavy atom. The molecule has 3 atom stereocenters. The summed E-state index contributed by atoms with van der Waals surface area (Å²) in [5.41, 5.74) is 12.1. The van der Waals surface area contributed by atoms with Gasteiger partial charge >= 0.3 is 0 Å². The highest BCUT2D eigenvalue weighted by molar-refractivity contribution is 6.31. The Hall–Kier alpha value is -4.25. The Labute approximate surface area is 290 Å². The molecule has 0 fully saturated rings. The number of ether oxygens (including phenoxy) is 2. The number of nitrogens with two attached hydrogens (primary N) is 2. The minimum Gasteiger partial charge on any atom is -0.494 e. The molecule has 15 nitrogen and oxygen atoms in total. The molecule has 268 valence electrons. The molecule has 16 heteroatoms. The first-order chi connectivity index (χ1) is 23.5. The number of nitrogen functional groups attached to an aromatic ring is 2. The van der Waals surface area contributed by atoms with Crippen molar-refractivity contribution in [1.82, 2.24) is 25.5 Å². The lowest BCUT2D eigenvalue weighted by Crippen LogP contribution is -2.41. The molecule has 1 amide bonds. The van der Waals surface area contributed by atoms with Crippen LogP contribution in [0.25, 0.3) is 0 Å². The largest absolute Gasteiger partial charge is 0.494 e. The van der Waals surface area contributed by atoms with Gasteiger partial charge in [-0.1, -0.05) is 41.9 Å². The zero-order valence-electron chi connectivity index (χ0n) is 27.3. The van der Waals surface area contributed by atoms with Crippen LogP contribution in [-0.2, 0) is 6.42 Å². The van der Waals surface area contributed by atoms with E-state index in [1.165, 1.54) is 0 Å². The highest BCUT2D eigenvalue weighted by Crippen LogP contribution is 2.17. The quantitative estimate of drug-likeness (QED) is 0.0431. The number of halogens is 1. The van der Waals surface area contributed by atoms with Gasteiger partial charge in [0.25, 0.3) is 5.91 Å². The minimum absolute atomic E-state index is 0.0678. The number of nitrogens with one attached hydrogen (secondary N) is 3. The van der Waals surface area contributed by atoms with Crippen LogP contribution in [0.2, 0.25) is 5.15 Å². The van der Waals surface area contributed by atoms with Crippen LogP contribution in [-0.4, -0.2) is 111 Å². The average Bonchev–Trinajstić information content (AvgIpc) is 3.08. The van der Waals surface area contributed by atoms with E-state index >= 15 is 0 Å². The van der Waals surface area contributed by atoms with Crippen LogP contribution in [0.5, 0.6) is 11.5 Å². The topological polar surface area (TPSA) is 245 Å². The lowest BCUT2D eigenvalue weighted by atomic mass is 10.1. The standard InChI is InChI=1S/C33H47ClN8O7/c34-29-31(36)40-30(35)28(39-29)32(47)41-33(37)38-14-5-4-7-22-10-12-25(13-11-22)49-18-16-42(20-23(44)19-26(45)27(46)21-43)15-6-17-48-24-8-2-1-3-9-24/h1-3,8-13,23,26-27,43-46H,4-7,14-21H2,(H4,35,36,40)(H3,37,38,41,47)/t23-,26+,27-/m1/s1. The van der Waals surface area contributed by atoms with Crippen molar-refractivity contribution < 1.29 is 34.7 Å². The van der Waals surface area contributed by atoms with E-state index < -0.39 is 30.8 Å². The molecule has 0 saturated carbocycles. The smallest absolute Gasteiger partial charge is 0.280 e. The van der Waals surface area contributed by atoms with E-state index in [2.05, 4.69) is 20.6 Å². The first-order valence-electron chi connectivity index (χ1n) is 16.0. The van der Waals surface area contributed by atoms with E-state index in [1.54, 1.807) is 0 Å². The van der Waals surface area contributed by atoms with Crippen LogP contribution in [0.1, 0.15) is 41.7 Å². The second kappa shape index (κ2) is 21.0. The van der Waals surface area contributed by atoms with E-state index in [1.807, 2.05) is 59.5 Å². The number of carbonyl (C=O) groups is 1. The van der Waals surface area contributed by atoms with Gasteiger partial charge in [-0.2, -0.15) is 0 Å². The van der Waals surface area contributed by atoms with Gasteiger partial charge in [0.2, 0.25) is 0 Å². The maximum atomic E-state index is 12.3. The number of anilines is 2. The summed E-state index contributed by atoms with van der Waals surface area (Å²) in [5.74, 6) is 0.292. The first-order valence-corrected chi connectivity index (χ1v) is 16.4. The van der Waals surface area contributed by atoms with Crippen molar-refractivity contribution in [3.8, 4) is 11.5 Å².